The lowest BCUT2D eigenvalue weighted by atomic mass is 10.2. The molecule has 1 aliphatic rings. The van der Waals surface area contributed by atoms with Crippen molar-refractivity contribution in [3.8, 4) is 0 Å². The molecule has 1 aromatic rings. The standard InChI is InChI=1S/C15H21N3O/c1-2-7-12(16)15(19)17-13-8-3-4-9-14(13)18-10-5-6-11-18/h2-4,8-9,12H,1,5-7,10-11,16H2,(H,17,19). The molecular weight excluding hydrogens is 238 g/mol. The van der Waals surface area contributed by atoms with Crippen LogP contribution >= 0.6 is 0 Å². The number of carbonyl (C=O) groups excluding carboxylic acids is 1. The van der Waals surface area contributed by atoms with Crippen molar-refractivity contribution >= 4 is 17.3 Å². The first-order chi connectivity index (χ1) is 9.22. The van der Waals surface area contributed by atoms with Crippen molar-refractivity contribution in [3.05, 3.63) is 36.9 Å². The molecule has 1 heterocycles. The number of hydrogen-bond acceptors (Lipinski definition) is 3. The Morgan fingerprint density at radius 2 is 2.11 bits per heavy atom. The highest BCUT2D eigenvalue weighted by Gasteiger charge is 2.18. The van der Waals surface area contributed by atoms with E-state index in [9.17, 15) is 4.79 Å². The second-order valence-corrected chi connectivity index (χ2v) is 4.83. The lowest BCUT2D eigenvalue weighted by Crippen LogP contribution is -2.35. The van der Waals surface area contributed by atoms with Gasteiger partial charge in [0, 0.05) is 13.1 Å². The monoisotopic (exact) mass is 259 g/mol. The summed E-state index contributed by atoms with van der Waals surface area (Å²) in [6.07, 6.45) is 4.56. The SMILES string of the molecule is C=CCC(N)C(=O)Nc1ccccc1N1CCCC1. The number of para-hydroxylation sites is 2. The number of nitrogens with one attached hydrogen (secondary N) is 1. The molecule has 3 N–H and O–H groups in total. The van der Waals surface area contributed by atoms with Gasteiger partial charge < -0.3 is 16.0 Å². The Morgan fingerprint density at radius 1 is 1.42 bits per heavy atom. The van der Waals surface area contributed by atoms with Gasteiger partial charge in [-0.3, -0.25) is 4.79 Å². The molecule has 1 fully saturated rings. The minimum Gasteiger partial charge on any atom is -0.370 e. The second-order valence-electron chi connectivity index (χ2n) is 4.83. The highest BCUT2D eigenvalue weighted by atomic mass is 16.2. The van der Waals surface area contributed by atoms with Crippen molar-refractivity contribution in [1.82, 2.24) is 0 Å². The minimum absolute atomic E-state index is 0.161. The van der Waals surface area contributed by atoms with E-state index in [4.69, 9.17) is 5.73 Å². The van der Waals surface area contributed by atoms with Crippen molar-refractivity contribution in [2.24, 2.45) is 5.73 Å². The van der Waals surface area contributed by atoms with Crippen LogP contribution in [-0.4, -0.2) is 25.0 Å². The van der Waals surface area contributed by atoms with Gasteiger partial charge in [-0.2, -0.15) is 0 Å². The van der Waals surface area contributed by atoms with Crippen LogP contribution in [0.2, 0.25) is 0 Å². The second kappa shape index (κ2) is 6.38. The predicted octanol–water partition coefficient (Wildman–Crippen LogP) is 2.13. The largest absolute Gasteiger partial charge is 0.370 e. The van der Waals surface area contributed by atoms with E-state index in [1.165, 1.54) is 12.8 Å². The fourth-order valence-electron chi connectivity index (χ4n) is 2.33. The molecule has 1 aliphatic heterocycles. The zero-order valence-corrected chi connectivity index (χ0v) is 11.1. The maximum Gasteiger partial charge on any atom is 0.241 e. The Balaban J connectivity index is 2.11. The van der Waals surface area contributed by atoms with E-state index < -0.39 is 6.04 Å². The van der Waals surface area contributed by atoms with E-state index in [0.29, 0.717) is 6.42 Å². The fraction of sp³-hybridized carbons (Fsp3) is 0.400. The minimum atomic E-state index is -0.538. The van der Waals surface area contributed by atoms with Crippen LogP contribution in [0.4, 0.5) is 11.4 Å². The molecule has 1 unspecified atom stereocenters. The average molecular weight is 259 g/mol. The zero-order valence-electron chi connectivity index (χ0n) is 11.1. The lowest BCUT2D eigenvalue weighted by molar-refractivity contribution is -0.117. The van der Waals surface area contributed by atoms with E-state index in [1.54, 1.807) is 6.08 Å². The normalized spacial score (nSPS) is 16.2. The van der Waals surface area contributed by atoms with E-state index in [1.807, 2.05) is 24.3 Å². The summed E-state index contributed by atoms with van der Waals surface area (Å²) >= 11 is 0. The molecule has 0 saturated carbocycles. The van der Waals surface area contributed by atoms with Gasteiger partial charge in [0.2, 0.25) is 5.91 Å². The molecule has 1 amide bonds. The Labute approximate surface area is 114 Å². The van der Waals surface area contributed by atoms with Crippen LogP contribution in [-0.2, 0) is 4.79 Å². The molecular formula is C15H21N3O. The zero-order chi connectivity index (χ0) is 13.7. The topological polar surface area (TPSA) is 58.4 Å². The number of hydrogen-bond donors (Lipinski definition) is 2. The molecule has 1 saturated heterocycles. The predicted molar refractivity (Wildman–Crippen MR) is 79.3 cm³/mol. The maximum absolute atomic E-state index is 12.0. The Morgan fingerprint density at radius 3 is 2.79 bits per heavy atom. The summed E-state index contributed by atoms with van der Waals surface area (Å²) in [5.74, 6) is -0.161. The number of nitrogens with zero attached hydrogens (tertiary/aromatic N) is 1. The maximum atomic E-state index is 12.0. The van der Waals surface area contributed by atoms with Crippen molar-refractivity contribution in [3.63, 3.8) is 0 Å². The fourth-order valence-corrected chi connectivity index (χ4v) is 2.33. The highest BCUT2D eigenvalue weighted by molar-refractivity contribution is 5.97. The van der Waals surface area contributed by atoms with Crippen LogP contribution in [0.5, 0.6) is 0 Å². The smallest absolute Gasteiger partial charge is 0.241 e. The summed E-state index contributed by atoms with van der Waals surface area (Å²) in [5, 5.41) is 2.92. The molecule has 0 aromatic heterocycles. The molecule has 0 aliphatic carbocycles. The van der Waals surface area contributed by atoms with E-state index in [-0.39, 0.29) is 5.91 Å². The summed E-state index contributed by atoms with van der Waals surface area (Å²) in [6.45, 7) is 5.70. The first-order valence-electron chi connectivity index (χ1n) is 6.73. The first kappa shape index (κ1) is 13.6. The van der Waals surface area contributed by atoms with Gasteiger partial charge in [-0.1, -0.05) is 18.2 Å². The molecule has 1 atom stereocenters. The van der Waals surface area contributed by atoms with E-state index in [2.05, 4.69) is 16.8 Å². The molecule has 0 spiro atoms. The van der Waals surface area contributed by atoms with Crippen molar-refractivity contribution in [2.45, 2.75) is 25.3 Å². The van der Waals surface area contributed by atoms with Crippen molar-refractivity contribution in [1.29, 1.82) is 0 Å². The number of rotatable bonds is 5. The van der Waals surface area contributed by atoms with Crippen LogP contribution in [0.15, 0.2) is 36.9 Å². The number of carbonyl (C=O) groups is 1. The van der Waals surface area contributed by atoms with E-state index >= 15 is 0 Å². The molecule has 2 rings (SSSR count). The van der Waals surface area contributed by atoms with Gasteiger partial charge in [0.25, 0.3) is 0 Å². The van der Waals surface area contributed by atoms with Gasteiger partial charge in [0.05, 0.1) is 17.4 Å². The van der Waals surface area contributed by atoms with Gasteiger partial charge in [-0.25, -0.2) is 0 Å². The van der Waals surface area contributed by atoms with Gasteiger partial charge in [-0.05, 0) is 31.4 Å². The summed E-state index contributed by atoms with van der Waals surface area (Å²) < 4.78 is 0. The van der Waals surface area contributed by atoms with Crippen molar-refractivity contribution in [2.75, 3.05) is 23.3 Å². The van der Waals surface area contributed by atoms with Crippen LogP contribution in [0, 0.1) is 0 Å². The number of nitrogens with two attached hydrogens (primary N) is 1. The number of amides is 1. The molecule has 0 bridgehead atoms. The quantitative estimate of drug-likeness (QED) is 0.796. The summed E-state index contributed by atoms with van der Waals surface area (Å²) in [5.41, 5.74) is 7.71. The van der Waals surface area contributed by atoms with Gasteiger partial charge in [0.15, 0.2) is 0 Å². The third-order valence-corrected chi connectivity index (χ3v) is 3.37. The Hall–Kier alpha value is -1.81. The Bertz CT molecular complexity index is 452. The van der Waals surface area contributed by atoms with Gasteiger partial charge in [-0.15, -0.1) is 6.58 Å². The molecule has 19 heavy (non-hydrogen) atoms. The average Bonchev–Trinajstić information content (AvgIpc) is 2.93. The molecule has 1 aromatic carbocycles. The van der Waals surface area contributed by atoms with Gasteiger partial charge in [0.1, 0.15) is 0 Å². The number of anilines is 2. The molecule has 102 valence electrons. The lowest BCUT2D eigenvalue weighted by Gasteiger charge is -2.22. The van der Waals surface area contributed by atoms with Crippen LogP contribution in [0.3, 0.4) is 0 Å². The van der Waals surface area contributed by atoms with Crippen LogP contribution in [0.25, 0.3) is 0 Å². The molecule has 4 nitrogen and oxygen atoms in total. The third kappa shape index (κ3) is 3.35. The number of benzene rings is 1. The van der Waals surface area contributed by atoms with Crippen LogP contribution < -0.4 is 16.0 Å². The van der Waals surface area contributed by atoms with Crippen LogP contribution in [0.1, 0.15) is 19.3 Å². The van der Waals surface area contributed by atoms with Gasteiger partial charge >= 0.3 is 0 Å². The third-order valence-electron chi connectivity index (χ3n) is 3.37. The molecule has 0 radical (unpaired) electrons. The summed E-state index contributed by atoms with van der Waals surface area (Å²) in [6, 6.07) is 7.34. The first-order valence-corrected chi connectivity index (χ1v) is 6.73. The van der Waals surface area contributed by atoms with E-state index in [0.717, 1.165) is 24.5 Å². The Kier molecular flexibility index (Phi) is 4.58. The summed E-state index contributed by atoms with van der Waals surface area (Å²) in [7, 11) is 0. The molecule has 4 heteroatoms. The summed E-state index contributed by atoms with van der Waals surface area (Å²) in [4.78, 5) is 14.3. The van der Waals surface area contributed by atoms with Crippen molar-refractivity contribution < 1.29 is 4.79 Å². The highest BCUT2D eigenvalue weighted by Crippen LogP contribution is 2.28.